The molecule has 0 aromatic heterocycles. The molecule has 2 aromatic carbocycles. The molecule has 0 aliphatic heterocycles. The van der Waals surface area contributed by atoms with Gasteiger partial charge in [0.25, 0.3) is 0 Å². The molecule has 1 nitrogen and oxygen atoms in total. The van der Waals surface area contributed by atoms with Gasteiger partial charge in [0.2, 0.25) is 0 Å². The number of rotatable bonds is 3. The van der Waals surface area contributed by atoms with E-state index in [4.69, 9.17) is 0 Å². The van der Waals surface area contributed by atoms with E-state index in [1.54, 1.807) is 19.1 Å². The van der Waals surface area contributed by atoms with Gasteiger partial charge >= 0.3 is 0 Å². The van der Waals surface area contributed by atoms with Gasteiger partial charge < -0.3 is 0 Å². The minimum Gasteiger partial charge on any atom is -0.294 e. The summed E-state index contributed by atoms with van der Waals surface area (Å²) in [7, 11) is 0. The van der Waals surface area contributed by atoms with Gasteiger partial charge in [-0.1, -0.05) is 6.07 Å². The van der Waals surface area contributed by atoms with E-state index in [1.807, 2.05) is 0 Å². The molecule has 0 unspecified atom stereocenters. The van der Waals surface area contributed by atoms with Crippen LogP contribution in [-0.4, -0.2) is 5.78 Å². The third-order valence-electron chi connectivity index (χ3n) is 2.83. The van der Waals surface area contributed by atoms with E-state index in [0.717, 1.165) is 0 Å². The van der Waals surface area contributed by atoms with Crippen LogP contribution >= 0.6 is 15.9 Å². The number of carbonyl (C=O) groups is 1. The maximum Gasteiger partial charge on any atom is 0.167 e. The third-order valence-corrected chi connectivity index (χ3v) is 3.44. The molecule has 0 heterocycles. The molecule has 0 aliphatic carbocycles. The standard InChI is InChI=1S/C15H11BrF2O/c1-9-6-11(3-5-13(9)17)15(19)8-10-2-4-14(18)12(16)7-10/h2-7H,8H2,1H3. The van der Waals surface area contributed by atoms with Crippen molar-refractivity contribution in [3.63, 3.8) is 0 Å². The van der Waals surface area contributed by atoms with E-state index in [1.165, 1.54) is 24.3 Å². The first-order valence-electron chi connectivity index (χ1n) is 5.70. The zero-order chi connectivity index (χ0) is 14.0. The highest BCUT2D eigenvalue weighted by molar-refractivity contribution is 9.10. The smallest absolute Gasteiger partial charge is 0.167 e. The Morgan fingerprint density at radius 2 is 1.79 bits per heavy atom. The summed E-state index contributed by atoms with van der Waals surface area (Å²) in [5.41, 5.74) is 1.60. The van der Waals surface area contributed by atoms with Crippen molar-refractivity contribution in [2.24, 2.45) is 0 Å². The first-order valence-corrected chi connectivity index (χ1v) is 6.50. The largest absolute Gasteiger partial charge is 0.294 e. The van der Waals surface area contributed by atoms with E-state index < -0.39 is 0 Å². The molecule has 0 radical (unpaired) electrons. The van der Waals surface area contributed by atoms with Gasteiger partial charge in [-0.2, -0.15) is 0 Å². The lowest BCUT2D eigenvalue weighted by Gasteiger charge is -2.04. The molecule has 0 N–H and O–H groups in total. The van der Waals surface area contributed by atoms with E-state index in [0.29, 0.717) is 21.2 Å². The highest BCUT2D eigenvalue weighted by atomic mass is 79.9. The minimum absolute atomic E-state index is 0.124. The molecule has 0 fully saturated rings. The van der Waals surface area contributed by atoms with Crippen LogP contribution in [0.3, 0.4) is 0 Å². The van der Waals surface area contributed by atoms with Gasteiger partial charge in [0.1, 0.15) is 11.6 Å². The summed E-state index contributed by atoms with van der Waals surface area (Å²) in [5.74, 6) is -0.823. The van der Waals surface area contributed by atoms with Gasteiger partial charge in [-0.15, -0.1) is 0 Å². The molecule has 98 valence electrons. The summed E-state index contributed by atoms with van der Waals surface area (Å²) in [6.07, 6.45) is 0.157. The van der Waals surface area contributed by atoms with Crippen LogP contribution in [0.15, 0.2) is 40.9 Å². The molecule has 0 spiro atoms. The summed E-state index contributed by atoms with van der Waals surface area (Å²) in [5, 5.41) is 0. The Kier molecular flexibility index (Phi) is 4.10. The van der Waals surface area contributed by atoms with Crippen molar-refractivity contribution in [2.45, 2.75) is 13.3 Å². The molecule has 2 aromatic rings. The summed E-state index contributed by atoms with van der Waals surface area (Å²) in [6.45, 7) is 1.61. The van der Waals surface area contributed by atoms with E-state index in [9.17, 15) is 13.6 Å². The van der Waals surface area contributed by atoms with E-state index in [2.05, 4.69) is 15.9 Å². The molecule has 0 bridgehead atoms. The molecule has 0 saturated heterocycles. The fraction of sp³-hybridized carbons (Fsp3) is 0.133. The Bertz CT molecular complexity index is 638. The van der Waals surface area contributed by atoms with Gasteiger partial charge in [0.05, 0.1) is 4.47 Å². The fourth-order valence-corrected chi connectivity index (χ4v) is 2.18. The first-order chi connectivity index (χ1) is 8.97. The van der Waals surface area contributed by atoms with Crippen molar-refractivity contribution in [3.05, 3.63) is 69.2 Å². The topological polar surface area (TPSA) is 17.1 Å². The number of aryl methyl sites for hydroxylation is 1. The molecule has 0 aliphatic rings. The summed E-state index contributed by atoms with van der Waals surface area (Å²) in [4.78, 5) is 12.0. The van der Waals surface area contributed by atoms with Crippen LogP contribution in [0.4, 0.5) is 8.78 Å². The molecule has 2 rings (SSSR count). The predicted molar refractivity (Wildman–Crippen MR) is 73.3 cm³/mol. The zero-order valence-corrected chi connectivity index (χ0v) is 11.8. The molecular formula is C15H11BrF2O. The van der Waals surface area contributed by atoms with Gasteiger partial charge in [-0.05, 0) is 64.3 Å². The summed E-state index contributed by atoms with van der Waals surface area (Å²) < 4.78 is 26.5. The van der Waals surface area contributed by atoms with Crippen LogP contribution in [0.5, 0.6) is 0 Å². The van der Waals surface area contributed by atoms with E-state index in [-0.39, 0.29) is 23.8 Å². The van der Waals surface area contributed by atoms with Crippen molar-refractivity contribution < 1.29 is 13.6 Å². The second kappa shape index (κ2) is 5.61. The number of ketones is 1. The highest BCUT2D eigenvalue weighted by Gasteiger charge is 2.10. The average molecular weight is 325 g/mol. The lowest BCUT2D eigenvalue weighted by Crippen LogP contribution is -2.04. The normalized spacial score (nSPS) is 10.5. The lowest BCUT2D eigenvalue weighted by atomic mass is 10.0. The Morgan fingerprint density at radius 3 is 2.42 bits per heavy atom. The summed E-state index contributed by atoms with van der Waals surface area (Å²) >= 11 is 3.08. The number of halogens is 3. The maximum atomic E-state index is 13.1. The average Bonchev–Trinajstić information content (AvgIpc) is 2.37. The van der Waals surface area contributed by atoms with Crippen LogP contribution in [0.1, 0.15) is 21.5 Å². The van der Waals surface area contributed by atoms with Crippen molar-refractivity contribution in [2.75, 3.05) is 0 Å². The Labute approximate surface area is 118 Å². The minimum atomic E-state index is -0.367. The quantitative estimate of drug-likeness (QED) is 0.762. The van der Waals surface area contributed by atoms with Crippen molar-refractivity contribution in [3.8, 4) is 0 Å². The van der Waals surface area contributed by atoms with Crippen LogP contribution in [0.2, 0.25) is 0 Å². The Morgan fingerprint density at radius 1 is 1.11 bits per heavy atom. The Hall–Kier alpha value is -1.55. The SMILES string of the molecule is Cc1cc(C(=O)Cc2ccc(F)c(Br)c2)ccc1F. The van der Waals surface area contributed by atoms with Gasteiger partial charge in [-0.25, -0.2) is 8.78 Å². The van der Waals surface area contributed by atoms with Gasteiger partial charge in [0.15, 0.2) is 5.78 Å². The monoisotopic (exact) mass is 324 g/mol. The van der Waals surface area contributed by atoms with Crippen LogP contribution in [0.25, 0.3) is 0 Å². The third kappa shape index (κ3) is 3.26. The van der Waals surface area contributed by atoms with Crippen molar-refractivity contribution in [1.82, 2.24) is 0 Å². The van der Waals surface area contributed by atoms with Gasteiger partial charge in [0, 0.05) is 12.0 Å². The van der Waals surface area contributed by atoms with Crippen LogP contribution in [0, 0.1) is 18.6 Å². The highest BCUT2D eigenvalue weighted by Crippen LogP contribution is 2.18. The fourth-order valence-electron chi connectivity index (χ4n) is 1.76. The van der Waals surface area contributed by atoms with Crippen molar-refractivity contribution >= 4 is 21.7 Å². The molecule has 0 atom stereocenters. The van der Waals surface area contributed by atoms with Gasteiger partial charge in [-0.3, -0.25) is 4.79 Å². The molecule has 4 heteroatoms. The first kappa shape index (κ1) is 13.9. The number of benzene rings is 2. The molecule has 0 amide bonds. The number of hydrogen-bond donors (Lipinski definition) is 0. The molecule has 0 saturated carbocycles. The van der Waals surface area contributed by atoms with Crippen LogP contribution in [-0.2, 0) is 6.42 Å². The molecule has 19 heavy (non-hydrogen) atoms. The second-order valence-electron chi connectivity index (χ2n) is 4.31. The number of hydrogen-bond acceptors (Lipinski definition) is 1. The number of carbonyl (C=O) groups excluding carboxylic acids is 1. The predicted octanol–water partition coefficient (Wildman–Crippen LogP) is 4.46. The van der Waals surface area contributed by atoms with Crippen LogP contribution < -0.4 is 0 Å². The zero-order valence-electron chi connectivity index (χ0n) is 10.2. The second-order valence-corrected chi connectivity index (χ2v) is 5.17. The summed E-state index contributed by atoms with van der Waals surface area (Å²) in [6, 6.07) is 8.71. The maximum absolute atomic E-state index is 13.1. The lowest BCUT2D eigenvalue weighted by molar-refractivity contribution is 0.0993. The van der Waals surface area contributed by atoms with E-state index >= 15 is 0 Å². The Balaban J connectivity index is 2.20. The molecular weight excluding hydrogens is 314 g/mol. The van der Waals surface area contributed by atoms with Crippen molar-refractivity contribution in [1.29, 1.82) is 0 Å². The number of Topliss-reactive ketones (excluding diaryl/α,β-unsaturated/α-hetero) is 1.